The summed E-state index contributed by atoms with van der Waals surface area (Å²) in [5.41, 5.74) is 5.16. The van der Waals surface area contributed by atoms with Gasteiger partial charge in [0.15, 0.2) is 0 Å². The van der Waals surface area contributed by atoms with Crippen molar-refractivity contribution >= 4 is 11.9 Å². The van der Waals surface area contributed by atoms with Gasteiger partial charge in [-0.1, -0.05) is 0 Å². The molecule has 1 atom stereocenters. The average Bonchev–Trinajstić information content (AvgIpc) is 1.84. The predicted molar refractivity (Wildman–Crippen MR) is 40.7 cm³/mol. The monoisotopic (exact) mass is 176 g/mol. The van der Waals surface area contributed by atoms with Gasteiger partial charge < -0.3 is 15.9 Å². The molecule has 0 aromatic heterocycles. The SMILES string of the molecule is CN(CC(=O)O)C[C@H](N)C(=O)O. The summed E-state index contributed by atoms with van der Waals surface area (Å²) in [6.07, 6.45) is 0. The predicted octanol–water partition coefficient (Wildman–Crippen LogP) is -1.59. The summed E-state index contributed by atoms with van der Waals surface area (Å²) in [4.78, 5) is 21.7. The number of carboxylic acids is 2. The highest BCUT2D eigenvalue weighted by molar-refractivity contribution is 5.73. The van der Waals surface area contributed by atoms with Gasteiger partial charge in [-0.25, -0.2) is 0 Å². The molecule has 12 heavy (non-hydrogen) atoms. The molecule has 0 saturated heterocycles. The lowest BCUT2D eigenvalue weighted by molar-refractivity contribution is -0.141. The van der Waals surface area contributed by atoms with E-state index in [4.69, 9.17) is 15.9 Å². The number of carboxylic acid groups (broad SMARTS) is 2. The van der Waals surface area contributed by atoms with Crippen LogP contribution in [0, 0.1) is 0 Å². The van der Waals surface area contributed by atoms with E-state index in [1.807, 2.05) is 0 Å². The molecule has 0 aromatic rings. The van der Waals surface area contributed by atoms with Crippen LogP contribution in [0.3, 0.4) is 0 Å². The van der Waals surface area contributed by atoms with Crippen LogP contribution in [0.2, 0.25) is 0 Å². The van der Waals surface area contributed by atoms with Crippen molar-refractivity contribution in [3.8, 4) is 0 Å². The summed E-state index contributed by atoms with van der Waals surface area (Å²) in [5, 5.41) is 16.7. The number of rotatable bonds is 5. The molecule has 0 radical (unpaired) electrons. The number of hydrogen-bond donors (Lipinski definition) is 3. The first kappa shape index (κ1) is 10.9. The van der Waals surface area contributed by atoms with E-state index < -0.39 is 18.0 Å². The van der Waals surface area contributed by atoms with Crippen LogP contribution in [0.15, 0.2) is 0 Å². The lowest BCUT2D eigenvalue weighted by Crippen LogP contribution is -2.42. The van der Waals surface area contributed by atoms with Crippen molar-refractivity contribution in [1.29, 1.82) is 0 Å². The van der Waals surface area contributed by atoms with E-state index in [0.29, 0.717) is 0 Å². The Morgan fingerprint density at radius 3 is 2.33 bits per heavy atom. The Labute approximate surface area is 69.6 Å². The highest BCUT2D eigenvalue weighted by atomic mass is 16.4. The van der Waals surface area contributed by atoms with Gasteiger partial charge >= 0.3 is 11.9 Å². The molecule has 0 aliphatic heterocycles. The minimum atomic E-state index is -1.13. The summed E-state index contributed by atoms with van der Waals surface area (Å²) in [6, 6.07) is -1.03. The standard InChI is InChI=1S/C6H12N2O4/c1-8(3-5(9)10)2-4(7)6(11)12/h4H,2-3,7H2,1H3,(H,9,10)(H,11,12)/t4-/m0/s1. The zero-order valence-electron chi connectivity index (χ0n) is 6.73. The number of nitrogens with two attached hydrogens (primary N) is 1. The van der Waals surface area contributed by atoms with E-state index >= 15 is 0 Å². The quantitative estimate of drug-likeness (QED) is 0.466. The van der Waals surface area contributed by atoms with Gasteiger partial charge in [0.1, 0.15) is 6.04 Å². The zero-order valence-corrected chi connectivity index (χ0v) is 6.73. The maximum Gasteiger partial charge on any atom is 0.321 e. The largest absolute Gasteiger partial charge is 0.480 e. The van der Waals surface area contributed by atoms with E-state index in [2.05, 4.69) is 0 Å². The number of nitrogens with zero attached hydrogens (tertiary/aromatic N) is 1. The minimum Gasteiger partial charge on any atom is -0.480 e. The van der Waals surface area contributed by atoms with E-state index in [0.717, 1.165) is 0 Å². The molecular formula is C6H12N2O4. The van der Waals surface area contributed by atoms with Crippen molar-refractivity contribution in [2.45, 2.75) is 6.04 Å². The summed E-state index contributed by atoms with van der Waals surface area (Å²) < 4.78 is 0. The van der Waals surface area contributed by atoms with Gasteiger partial charge in [-0.05, 0) is 7.05 Å². The average molecular weight is 176 g/mol. The molecule has 0 fully saturated rings. The van der Waals surface area contributed by atoms with Crippen LogP contribution in [0.1, 0.15) is 0 Å². The molecule has 6 nitrogen and oxygen atoms in total. The molecule has 0 bridgehead atoms. The first-order valence-electron chi connectivity index (χ1n) is 3.32. The van der Waals surface area contributed by atoms with Crippen molar-refractivity contribution in [2.24, 2.45) is 5.73 Å². The second-order valence-electron chi connectivity index (χ2n) is 2.54. The maximum atomic E-state index is 10.2. The van der Waals surface area contributed by atoms with E-state index in [9.17, 15) is 9.59 Å². The smallest absolute Gasteiger partial charge is 0.321 e. The van der Waals surface area contributed by atoms with E-state index in [-0.39, 0.29) is 13.1 Å². The highest BCUT2D eigenvalue weighted by Gasteiger charge is 2.15. The van der Waals surface area contributed by atoms with E-state index in [1.165, 1.54) is 11.9 Å². The van der Waals surface area contributed by atoms with Crippen molar-refractivity contribution in [3.63, 3.8) is 0 Å². The van der Waals surface area contributed by atoms with Gasteiger partial charge in [0, 0.05) is 6.54 Å². The molecule has 6 heteroatoms. The molecular weight excluding hydrogens is 164 g/mol. The highest BCUT2D eigenvalue weighted by Crippen LogP contribution is 1.86. The Bertz CT molecular complexity index is 182. The fourth-order valence-electron chi connectivity index (χ4n) is 0.709. The van der Waals surface area contributed by atoms with Crippen molar-refractivity contribution < 1.29 is 19.8 Å². The molecule has 0 amide bonds. The fraction of sp³-hybridized carbons (Fsp3) is 0.667. The Balaban J connectivity index is 3.76. The third kappa shape index (κ3) is 4.64. The molecule has 70 valence electrons. The number of hydrogen-bond acceptors (Lipinski definition) is 4. The van der Waals surface area contributed by atoms with Gasteiger partial charge in [0.05, 0.1) is 6.54 Å². The first-order chi connectivity index (χ1) is 5.43. The molecule has 0 spiro atoms. The molecule has 0 rings (SSSR count). The van der Waals surface area contributed by atoms with Crippen LogP contribution in [0.5, 0.6) is 0 Å². The lowest BCUT2D eigenvalue weighted by atomic mass is 10.3. The number of aliphatic carboxylic acids is 2. The van der Waals surface area contributed by atoms with Crippen molar-refractivity contribution in [2.75, 3.05) is 20.1 Å². The van der Waals surface area contributed by atoms with Crippen LogP contribution in [0.25, 0.3) is 0 Å². The fourth-order valence-corrected chi connectivity index (χ4v) is 0.709. The summed E-state index contributed by atoms with van der Waals surface area (Å²) in [6.45, 7) is -0.178. The van der Waals surface area contributed by atoms with Crippen LogP contribution < -0.4 is 5.73 Å². The first-order valence-corrected chi connectivity index (χ1v) is 3.32. The van der Waals surface area contributed by atoms with Gasteiger partial charge in [0.25, 0.3) is 0 Å². The van der Waals surface area contributed by atoms with Gasteiger partial charge in [-0.3, -0.25) is 14.5 Å². The molecule has 0 aromatic carbocycles. The summed E-state index contributed by atoms with van der Waals surface area (Å²) in [5.74, 6) is -2.14. The van der Waals surface area contributed by atoms with Crippen LogP contribution in [-0.4, -0.2) is 53.2 Å². The Kier molecular flexibility index (Phi) is 4.24. The van der Waals surface area contributed by atoms with E-state index in [1.54, 1.807) is 0 Å². The molecule has 0 heterocycles. The minimum absolute atomic E-state index is 0.0294. The second kappa shape index (κ2) is 4.68. The molecule has 4 N–H and O–H groups in total. The third-order valence-electron chi connectivity index (χ3n) is 1.23. The number of likely N-dealkylation sites (N-methyl/N-ethyl adjacent to an activating group) is 1. The number of carbonyl (C=O) groups is 2. The Hall–Kier alpha value is -1.14. The molecule has 0 aliphatic rings. The Morgan fingerprint density at radius 1 is 1.50 bits per heavy atom. The van der Waals surface area contributed by atoms with Gasteiger partial charge in [0.2, 0.25) is 0 Å². The maximum absolute atomic E-state index is 10.2. The van der Waals surface area contributed by atoms with Crippen LogP contribution >= 0.6 is 0 Å². The molecule has 0 unspecified atom stereocenters. The molecule has 0 aliphatic carbocycles. The lowest BCUT2D eigenvalue weighted by Gasteiger charge is -2.15. The summed E-state index contributed by atoms with van der Waals surface area (Å²) >= 11 is 0. The van der Waals surface area contributed by atoms with Crippen LogP contribution in [0.4, 0.5) is 0 Å². The van der Waals surface area contributed by atoms with Crippen molar-refractivity contribution in [3.05, 3.63) is 0 Å². The molecule has 0 saturated carbocycles. The Morgan fingerprint density at radius 2 is 2.00 bits per heavy atom. The van der Waals surface area contributed by atoms with Crippen LogP contribution in [-0.2, 0) is 9.59 Å². The van der Waals surface area contributed by atoms with Crippen molar-refractivity contribution in [1.82, 2.24) is 4.90 Å². The summed E-state index contributed by atoms with van der Waals surface area (Å²) in [7, 11) is 1.50. The van der Waals surface area contributed by atoms with Gasteiger partial charge in [-0.2, -0.15) is 0 Å². The topological polar surface area (TPSA) is 104 Å². The third-order valence-corrected chi connectivity index (χ3v) is 1.23. The second-order valence-corrected chi connectivity index (χ2v) is 2.54. The van der Waals surface area contributed by atoms with Gasteiger partial charge in [-0.15, -0.1) is 0 Å². The normalized spacial score (nSPS) is 12.9. The zero-order chi connectivity index (χ0) is 9.72.